The first kappa shape index (κ1) is 16.8. The molecular formula is C22H19N5. The van der Waals surface area contributed by atoms with Crippen LogP contribution in [0, 0.1) is 6.92 Å². The van der Waals surface area contributed by atoms with Gasteiger partial charge in [-0.1, -0.05) is 35.9 Å². The highest BCUT2D eigenvalue weighted by Crippen LogP contribution is 2.30. The third-order valence-corrected chi connectivity index (χ3v) is 4.28. The summed E-state index contributed by atoms with van der Waals surface area (Å²) in [4.78, 5) is 17.6. The second-order valence-electron chi connectivity index (χ2n) is 6.27. The molecule has 0 aliphatic rings. The molecule has 4 aromatic rings. The first-order valence-electron chi connectivity index (χ1n) is 8.77. The maximum atomic E-state index is 4.80. The highest BCUT2D eigenvalue weighted by atomic mass is 15.1. The number of nitrogens with zero attached hydrogens (tertiary/aromatic N) is 4. The number of nitrogens with one attached hydrogen (secondary N) is 1. The molecule has 0 radical (unpaired) electrons. The first-order chi connectivity index (χ1) is 13.3. The topological polar surface area (TPSA) is 63.6 Å². The van der Waals surface area contributed by atoms with E-state index in [4.69, 9.17) is 4.98 Å². The second kappa shape index (κ2) is 7.74. The number of hydrogen-bond donors (Lipinski definition) is 1. The van der Waals surface area contributed by atoms with E-state index in [-0.39, 0.29) is 0 Å². The summed E-state index contributed by atoms with van der Waals surface area (Å²) < 4.78 is 0. The Labute approximate surface area is 158 Å². The quantitative estimate of drug-likeness (QED) is 0.571. The summed E-state index contributed by atoms with van der Waals surface area (Å²) >= 11 is 0. The second-order valence-corrected chi connectivity index (χ2v) is 6.27. The third kappa shape index (κ3) is 3.98. The van der Waals surface area contributed by atoms with E-state index in [2.05, 4.69) is 51.5 Å². The fourth-order valence-corrected chi connectivity index (χ4v) is 2.83. The summed E-state index contributed by atoms with van der Waals surface area (Å²) in [6.07, 6.45) is 9.02. The van der Waals surface area contributed by atoms with Gasteiger partial charge in [-0.15, -0.1) is 0 Å². The minimum Gasteiger partial charge on any atom is -0.350 e. The number of benzene rings is 1. The third-order valence-electron chi connectivity index (χ3n) is 4.28. The van der Waals surface area contributed by atoms with E-state index >= 15 is 0 Å². The van der Waals surface area contributed by atoms with Gasteiger partial charge in [0.1, 0.15) is 0 Å². The highest BCUT2D eigenvalue weighted by molar-refractivity contribution is 5.80. The summed E-state index contributed by atoms with van der Waals surface area (Å²) in [6, 6.07) is 16.3. The van der Waals surface area contributed by atoms with Gasteiger partial charge in [0.15, 0.2) is 0 Å². The molecule has 0 saturated carbocycles. The number of rotatable bonds is 5. The molecule has 0 fully saturated rings. The number of aryl methyl sites for hydroxylation is 1. The molecule has 5 heteroatoms. The van der Waals surface area contributed by atoms with Crippen LogP contribution in [-0.2, 0) is 6.54 Å². The van der Waals surface area contributed by atoms with E-state index in [1.165, 1.54) is 5.56 Å². The van der Waals surface area contributed by atoms with E-state index in [0.29, 0.717) is 12.5 Å². The van der Waals surface area contributed by atoms with Crippen molar-refractivity contribution >= 4 is 5.95 Å². The molecule has 0 bridgehead atoms. The Balaban J connectivity index is 1.71. The molecule has 27 heavy (non-hydrogen) atoms. The molecule has 1 aromatic carbocycles. The van der Waals surface area contributed by atoms with Crippen LogP contribution in [-0.4, -0.2) is 19.9 Å². The van der Waals surface area contributed by atoms with Crippen molar-refractivity contribution in [2.45, 2.75) is 13.5 Å². The van der Waals surface area contributed by atoms with Gasteiger partial charge in [-0.25, -0.2) is 9.97 Å². The van der Waals surface area contributed by atoms with Crippen LogP contribution in [0.5, 0.6) is 0 Å². The lowest BCUT2D eigenvalue weighted by Gasteiger charge is -2.12. The number of pyridine rings is 2. The lowest BCUT2D eigenvalue weighted by Crippen LogP contribution is -2.05. The van der Waals surface area contributed by atoms with Crippen LogP contribution in [0.2, 0.25) is 0 Å². The van der Waals surface area contributed by atoms with Crippen LogP contribution in [0.1, 0.15) is 11.1 Å². The van der Waals surface area contributed by atoms with Crippen LogP contribution >= 0.6 is 0 Å². The Bertz CT molecular complexity index is 1020. The van der Waals surface area contributed by atoms with E-state index < -0.39 is 0 Å². The molecule has 5 nitrogen and oxygen atoms in total. The molecule has 0 saturated heterocycles. The van der Waals surface area contributed by atoms with Gasteiger partial charge in [0.2, 0.25) is 5.95 Å². The largest absolute Gasteiger partial charge is 0.350 e. The molecule has 0 atom stereocenters. The molecule has 1 N–H and O–H groups in total. The Hall–Kier alpha value is -3.60. The average molecular weight is 353 g/mol. The Kier molecular flexibility index (Phi) is 4.83. The molecular weight excluding hydrogens is 334 g/mol. The van der Waals surface area contributed by atoms with Crippen molar-refractivity contribution in [3.05, 3.63) is 90.6 Å². The lowest BCUT2D eigenvalue weighted by atomic mass is 10.0. The van der Waals surface area contributed by atoms with Gasteiger partial charge >= 0.3 is 0 Å². The molecule has 0 amide bonds. The van der Waals surface area contributed by atoms with Gasteiger partial charge in [0.05, 0.1) is 5.69 Å². The van der Waals surface area contributed by atoms with Crippen molar-refractivity contribution in [2.24, 2.45) is 0 Å². The standard InChI is InChI=1S/C22H19N5/c1-16-4-6-19(7-5-16)21-20(18-8-11-23-12-9-18)15-26-22(27-21)25-14-17-3-2-10-24-13-17/h2-13,15H,14H2,1H3,(H,25,26,27). The normalized spacial score (nSPS) is 10.6. The molecule has 0 unspecified atom stereocenters. The number of hydrogen-bond acceptors (Lipinski definition) is 5. The van der Waals surface area contributed by atoms with Gasteiger partial charge in [-0.3, -0.25) is 9.97 Å². The molecule has 3 aromatic heterocycles. The molecule has 3 heterocycles. The van der Waals surface area contributed by atoms with Crippen molar-refractivity contribution in [2.75, 3.05) is 5.32 Å². The fourth-order valence-electron chi connectivity index (χ4n) is 2.83. The van der Waals surface area contributed by atoms with E-state index in [9.17, 15) is 0 Å². The monoisotopic (exact) mass is 353 g/mol. The molecule has 0 spiro atoms. The van der Waals surface area contributed by atoms with Crippen molar-refractivity contribution in [1.29, 1.82) is 0 Å². The van der Waals surface area contributed by atoms with Crippen LogP contribution in [0.25, 0.3) is 22.4 Å². The zero-order chi connectivity index (χ0) is 18.5. The summed E-state index contributed by atoms with van der Waals surface area (Å²) in [7, 11) is 0. The van der Waals surface area contributed by atoms with Gasteiger partial charge in [-0.05, 0) is 36.2 Å². The lowest BCUT2D eigenvalue weighted by molar-refractivity contribution is 1.04. The predicted octanol–water partition coefficient (Wildman–Crippen LogP) is 4.52. The maximum absolute atomic E-state index is 4.80. The van der Waals surface area contributed by atoms with Crippen molar-refractivity contribution in [3.8, 4) is 22.4 Å². The summed E-state index contributed by atoms with van der Waals surface area (Å²) in [5.74, 6) is 0.590. The number of anilines is 1. The molecule has 0 aliphatic heterocycles. The zero-order valence-corrected chi connectivity index (χ0v) is 15.0. The van der Waals surface area contributed by atoms with Gasteiger partial charge in [0.25, 0.3) is 0 Å². The summed E-state index contributed by atoms with van der Waals surface area (Å²) in [6.45, 7) is 2.70. The molecule has 132 valence electrons. The van der Waals surface area contributed by atoms with Crippen LogP contribution in [0.4, 0.5) is 5.95 Å². The van der Waals surface area contributed by atoms with E-state index in [1.807, 2.05) is 36.7 Å². The first-order valence-corrected chi connectivity index (χ1v) is 8.77. The van der Waals surface area contributed by atoms with E-state index in [1.54, 1.807) is 18.6 Å². The maximum Gasteiger partial charge on any atom is 0.223 e. The average Bonchev–Trinajstić information content (AvgIpc) is 2.74. The number of aromatic nitrogens is 4. The summed E-state index contributed by atoms with van der Waals surface area (Å²) in [5, 5.41) is 3.29. The van der Waals surface area contributed by atoms with Crippen LogP contribution < -0.4 is 5.32 Å². The van der Waals surface area contributed by atoms with Gasteiger partial charge in [-0.2, -0.15) is 0 Å². The minimum atomic E-state index is 0.590. The summed E-state index contributed by atoms with van der Waals surface area (Å²) in [5.41, 5.74) is 6.26. The van der Waals surface area contributed by atoms with Crippen molar-refractivity contribution < 1.29 is 0 Å². The highest BCUT2D eigenvalue weighted by Gasteiger charge is 2.11. The van der Waals surface area contributed by atoms with E-state index in [0.717, 1.165) is 27.9 Å². The van der Waals surface area contributed by atoms with Gasteiger partial charge < -0.3 is 5.32 Å². The van der Waals surface area contributed by atoms with Crippen LogP contribution in [0.3, 0.4) is 0 Å². The zero-order valence-electron chi connectivity index (χ0n) is 15.0. The fraction of sp³-hybridized carbons (Fsp3) is 0.0909. The molecule has 0 aliphatic carbocycles. The van der Waals surface area contributed by atoms with Crippen molar-refractivity contribution in [3.63, 3.8) is 0 Å². The molecule has 4 rings (SSSR count). The predicted molar refractivity (Wildman–Crippen MR) is 107 cm³/mol. The smallest absolute Gasteiger partial charge is 0.223 e. The van der Waals surface area contributed by atoms with Crippen molar-refractivity contribution in [1.82, 2.24) is 19.9 Å². The Morgan fingerprint density at radius 3 is 2.37 bits per heavy atom. The SMILES string of the molecule is Cc1ccc(-c2nc(NCc3cccnc3)ncc2-c2ccncc2)cc1. The van der Waals surface area contributed by atoms with Gasteiger partial charge in [0, 0.05) is 48.7 Å². The Morgan fingerprint density at radius 1 is 0.815 bits per heavy atom. The Morgan fingerprint density at radius 2 is 1.63 bits per heavy atom. The minimum absolute atomic E-state index is 0.590. The van der Waals surface area contributed by atoms with Crippen LogP contribution in [0.15, 0.2) is 79.5 Å².